The molecular weight excluding hydrogens is 368 g/mol. The molecule has 0 saturated heterocycles. The molecule has 3 rings (SSSR count). The number of nitrogens with zero attached hydrogens (tertiary/aromatic N) is 1. The molecule has 0 spiro atoms. The molecule has 0 atom stereocenters. The van der Waals surface area contributed by atoms with Crippen LogP contribution in [0.3, 0.4) is 0 Å². The number of halogens is 2. The Morgan fingerprint density at radius 2 is 1.92 bits per heavy atom. The number of ether oxygens (including phenoxy) is 2. The number of sulfonamides is 1. The van der Waals surface area contributed by atoms with E-state index in [-0.39, 0.29) is 17.2 Å². The van der Waals surface area contributed by atoms with Crippen molar-refractivity contribution < 1.29 is 31.5 Å². The number of carbonyl (C=O) groups is 1. The summed E-state index contributed by atoms with van der Waals surface area (Å²) in [5.74, 6) is -2.44. The molecule has 0 unspecified atom stereocenters. The van der Waals surface area contributed by atoms with Crippen LogP contribution >= 0.6 is 0 Å². The van der Waals surface area contributed by atoms with E-state index in [0.717, 1.165) is 30.9 Å². The third kappa shape index (κ3) is 3.48. The molecule has 2 aromatic carbocycles. The molecule has 0 saturated carbocycles. The van der Waals surface area contributed by atoms with Crippen LogP contribution in [0.1, 0.15) is 12.5 Å². The molecule has 1 aliphatic heterocycles. The SMILES string of the molecule is CC(=O)N(c1cc2c(cc1Oc1ccc(F)cc1F)CCO2)S(C)(=O)=O. The first-order chi connectivity index (χ1) is 12.2. The molecule has 2 aromatic rings. The molecule has 0 N–H and O–H groups in total. The Hall–Kier alpha value is -2.68. The van der Waals surface area contributed by atoms with Gasteiger partial charge in [0.25, 0.3) is 0 Å². The molecule has 6 nitrogen and oxygen atoms in total. The van der Waals surface area contributed by atoms with E-state index >= 15 is 0 Å². The van der Waals surface area contributed by atoms with E-state index in [9.17, 15) is 22.0 Å². The Bertz CT molecular complexity index is 991. The summed E-state index contributed by atoms with van der Waals surface area (Å²) < 4.78 is 62.6. The topological polar surface area (TPSA) is 72.9 Å². The highest BCUT2D eigenvalue weighted by molar-refractivity contribution is 7.92. The maximum atomic E-state index is 13.9. The summed E-state index contributed by atoms with van der Waals surface area (Å²) >= 11 is 0. The molecule has 1 aliphatic rings. The summed E-state index contributed by atoms with van der Waals surface area (Å²) in [5, 5.41) is 0. The largest absolute Gasteiger partial charge is 0.493 e. The molecule has 0 bridgehead atoms. The minimum Gasteiger partial charge on any atom is -0.493 e. The van der Waals surface area contributed by atoms with E-state index in [1.165, 1.54) is 12.1 Å². The quantitative estimate of drug-likeness (QED) is 0.812. The highest BCUT2D eigenvalue weighted by atomic mass is 32.2. The fourth-order valence-electron chi connectivity index (χ4n) is 2.69. The Morgan fingerprint density at radius 3 is 2.54 bits per heavy atom. The smallest absolute Gasteiger partial charge is 0.238 e. The Kier molecular flexibility index (Phi) is 4.57. The van der Waals surface area contributed by atoms with Gasteiger partial charge in [-0.3, -0.25) is 4.79 Å². The van der Waals surface area contributed by atoms with Gasteiger partial charge in [-0.2, -0.15) is 0 Å². The normalized spacial score (nSPS) is 13.1. The second-order valence-corrected chi connectivity index (χ2v) is 7.58. The number of amides is 1. The molecule has 138 valence electrons. The van der Waals surface area contributed by atoms with E-state index in [2.05, 4.69) is 0 Å². The van der Waals surface area contributed by atoms with Crippen LogP contribution in [0.4, 0.5) is 14.5 Å². The van der Waals surface area contributed by atoms with Crippen molar-refractivity contribution in [3.05, 3.63) is 47.5 Å². The second-order valence-electron chi connectivity index (χ2n) is 5.75. The minimum atomic E-state index is -3.97. The lowest BCUT2D eigenvalue weighted by Crippen LogP contribution is -2.34. The van der Waals surface area contributed by atoms with E-state index in [1.807, 2.05) is 0 Å². The summed E-state index contributed by atoms with van der Waals surface area (Å²) in [6.45, 7) is 1.47. The average Bonchev–Trinajstić information content (AvgIpc) is 2.95. The van der Waals surface area contributed by atoms with Gasteiger partial charge in [-0.15, -0.1) is 0 Å². The van der Waals surface area contributed by atoms with Gasteiger partial charge in [0.05, 0.1) is 12.9 Å². The van der Waals surface area contributed by atoms with E-state index in [0.29, 0.717) is 29.1 Å². The van der Waals surface area contributed by atoms with Crippen molar-refractivity contribution in [3.63, 3.8) is 0 Å². The first-order valence-electron chi connectivity index (χ1n) is 7.60. The molecule has 1 heterocycles. The first-order valence-corrected chi connectivity index (χ1v) is 9.45. The zero-order valence-corrected chi connectivity index (χ0v) is 14.8. The standard InChI is InChI=1S/C17H15F2NO5S/c1-10(21)20(26(2,22)23)14-9-16-11(5-6-24-16)7-17(14)25-15-4-3-12(18)8-13(15)19/h3-4,7-9H,5-6H2,1-2H3. The third-order valence-corrected chi connectivity index (χ3v) is 4.84. The Labute approximate surface area is 149 Å². The van der Waals surface area contributed by atoms with Crippen LogP contribution in [-0.2, 0) is 21.2 Å². The molecule has 26 heavy (non-hydrogen) atoms. The van der Waals surface area contributed by atoms with Crippen LogP contribution in [0, 0.1) is 11.6 Å². The van der Waals surface area contributed by atoms with E-state index in [1.54, 1.807) is 0 Å². The second kappa shape index (κ2) is 6.56. The maximum Gasteiger partial charge on any atom is 0.238 e. The number of fused-ring (bicyclic) bond motifs is 1. The van der Waals surface area contributed by atoms with Crippen LogP contribution in [0.15, 0.2) is 30.3 Å². The van der Waals surface area contributed by atoms with Gasteiger partial charge < -0.3 is 9.47 Å². The van der Waals surface area contributed by atoms with Crippen molar-refractivity contribution in [1.29, 1.82) is 0 Å². The fraction of sp³-hybridized carbons (Fsp3) is 0.235. The van der Waals surface area contributed by atoms with Crippen LogP contribution in [0.25, 0.3) is 0 Å². The van der Waals surface area contributed by atoms with Gasteiger partial charge in [-0.05, 0) is 18.2 Å². The van der Waals surface area contributed by atoms with E-state index < -0.39 is 27.6 Å². The van der Waals surface area contributed by atoms with Crippen molar-refractivity contribution in [2.24, 2.45) is 0 Å². The lowest BCUT2D eigenvalue weighted by atomic mass is 10.1. The molecule has 9 heteroatoms. The number of anilines is 1. The summed E-state index contributed by atoms with van der Waals surface area (Å²) in [5.41, 5.74) is 0.618. The van der Waals surface area contributed by atoms with Crippen LogP contribution in [0.5, 0.6) is 17.2 Å². The lowest BCUT2D eigenvalue weighted by Gasteiger charge is -2.22. The van der Waals surface area contributed by atoms with Gasteiger partial charge >= 0.3 is 0 Å². The zero-order valence-electron chi connectivity index (χ0n) is 14.0. The minimum absolute atomic E-state index is 0.0552. The summed E-state index contributed by atoms with van der Waals surface area (Å²) in [7, 11) is -3.97. The summed E-state index contributed by atoms with van der Waals surface area (Å²) in [4.78, 5) is 11.9. The number of benzene rings is 2. The maximum absolute atomic E-state index is 13.9. The first kappa shape index (κ1) is 18.1. The van der Waals surface area contributed by atoms with Crippen LogP contribution in [-0.4, -0.2) is 27.2 Å². The Balaban J connectivity index is 2.15. The van der Waals surface area contributed by atoms with Gasteiger partial charge in [0.15, 0.2) is 17.3 Å². The van der Waals surface area contributed by atoms with Crippen LogP contribution in [0.2, 0.25) is 0 Å². The van der Waals surface area contributed by atoms with Crippen molar-refractivity contribution in [1.82, 2.24) is 0 Å². The highest BCUT2D eigenvalue weighted by Crippen LogP contribution is 2.41. The van der Waals surface area contributed by atoms with Gasteiger partial charge in [-0.25, -0.2) is 21.5 Å². The number of hydrogen-bond donors (Lipinski definition) is 0. The predicted octanol–water partition coefficient (Wildman–Crippen LogP) is 3.00. The monoisotopic (exact) mass is 383 g/mol. The predicted molar refractivity (Wildman–Crippen MR) is 90.1 cm³/mol. The van der Waals surface area contributed by atoms with Gasteiger partial charge in [0, 0.05) is 31.0 Å². The molecular formula is C17H15F2NO5S. The molecule has 1 amide bonds. The van der Waals surface area contributed by atoms with Crippen molar-refractivity contribution >= 4 is 21.6 Å². The number of rotatable bonds is 4. The van der Waals surface area contributed by atoms with Gasteiger partial charge in [0.2, 0.25) is 15.9 Å². The van der Waals surface area contributed by atoms with E-state index in [4.69, 9.17) is 9.47 Å². The van der Waals surface area contributed by atoms with Crippen LogP contribution < -0.4 is 13.8 Å². The molecule has 0 fully saturated rings. The molecule has 0 radical (unpaired) electrons. The lowest BCUT2D eigenvalue weighted by molar-refractivity contribution is -0.115. The van der Waals surface area contributed by atoms with Gasteiger partial charge in [-0.1, -0.05) is 0 Å². The highest BCUT2D eigenvalue weighted by Gasteiger charge is 2.29. The Morgan fingerprint density at radius 1 is 1.19 bits per heavy atom. The molecule has 0 aliphatic carbocycles. The van der Waals surface area contributed by atoms with Crippen molar-refractivity contribution in [3.8, 4) is 17.2 Å². The number of hydrogen-bond acceptors (Lipinski definition) is 5. The molecule has 0 aromatic heterocycles. The fourth-order valence-corrected chi connectivity index (χ4v) is 3.66. The zero-order chi connectivity index (χ0) is 19.1. The third-order valence-electron chi connectivity index (χ3n) is 3.72. The average molecular weight is 383 g/mol. The summed E-state index contributed by atoms with van der Waals surface area (Å²) in [6, 6.07) is 5.58. The van der Waals surface area contributed by atoms with Crippen molar-refractivity contribution in [2.45, 2.75) is 13.3 Å². The van der Waals surface area contributed by atoms with Crippen molar-refractivity contribution in [2.75, 3.05) is 17.2 Å². The van der Waals surface area contributed by atoms with Gasteiger partial charge in [0.1, 0.15) is 17.3 Å². The number of carbonyl (C=O) groups excluding carboxylic acids is 1. The summed E-state index contributed by atoms with van der Waals surface area (Å²) in [6.07, 6.45) is 1.42.